The molecule has 0 aliphatic carbocycles. The van der Waals surface area contributed by atoms with Gasteiger partial charge in [-0.25, -0.2) is 9.87 Å². The molecule has 3 heteroatoms. The number of aryl methyl sites for hydroxylation is 1. The summed E-state index contributed by atoms with van der Waals surface area (Å²) in [5.74, 6) is -0.245. The van der Waals surface area contributed by atoms with Crippen LogP contribution in [0.15, 0.2) is 18.2 Å². The summed E-state index contributed by atoms with van der Waals surface area (Å²) in [5, 5.41) is 8.62. The summed E-state index contributed by atoms with van der Waals surface area (Å²) in [6.45, 7) is 2.32. The zero-order valence-corrected chi connectivity index (χ0v) is 9.09. The van der Waals surface area contributed by atoms with Gasteiger partial charge in [-0.3, -0.25) is 0 Å². The Labute approximate surface area is 90.1 Å². The molecule has 2 nitrogen and oxygen atoms in total. The second kappa shape index (κ2) is 6.53. The van der Waals surface area contributed by atoms with Gasteiger partial charge in [0.1, 0.15) is 5.82 Å². The monoisotopic (exact) mass is 211 g/mol. The van der Waals surface area contributed by atoms with Crippen molar-refractivity contribution < 1.29 is 9.60 Å². The van der Waals surface area contributed by atoms with Crippen LogP contribution in [-0.4, -0.2) is 5.21 Å². The van der Waals surface area contributed by atoms with Crippen LogP contribution in [0.1, 0.15) is 37.3 Å². The number of hydrogen-bond donors (Lipinski definition) is 2. The Morgan fingerprint density at radius 1 is 1.33 bits per heavy atom. The Morgan fingerprint density at radius 3 is 2.80 bits per heavy atom. The fourth-order valence-corrected chi connectivity index (χ4v) is 1.68. The summed E-state index contributed by atoms with van der Waals surface area (Å²) in [5.41, 5.74) is 3.59. The lowest BCUT2D eigenvalue weighted by atomic mass is 10.0. The lowest BCUT2D eigenvalue weighted by Crippen LogP contribution is -2.10. The molecular weight excluding hydrogens is 193 g/mol. The molecule has 0 fully saturated rings. The van der Waals surface area contributed by atoms with Crippen LogP contribution < -0.4 is 5.48 Å². The van der Waals surface area contributed by atoms with Crippen LogP contribution in [0.5, 0.6) is 0 Å². The van der Waals surface area contributed by atoms with Gasteiger partial charge in [0, 0.05) is 12.1 Å². The Balaban J connectivity index is 2.71. The fraction of sp³-hybridized carbons (Fsp3) is 0.500. The zero-order chi connectivity index (χ0) is 11.1. The molecule has 0 radical (unpaired) electrons. The van der Waals surface area contributed by atoms with Gasteiger partial charge in [-0.15, -0.1) is 0 Å². The summed E-state index contributed by atoms with van der Waals surface area (Å²) in [6.07, 6.45) is 4.26. The van der Waals surface area contributed by atoms with Crippen LogP contribution in [0.2, 0.25) is 0 Å². The Bertz CT molecular complexity index is 302. The summed E-state index contributed by atoms with van der Waals surface area (Å²) in [6, 6.07) is 5.07. The lowest BCUT2D eigenvalue weighted by molar-refractivity contribution is 0.159. The molecule has 0 saturated heterocycles. The molecule has 0 saturated carbocycles. The van der Waals surface area contributed by atoms with Gasteiger partial charge in [0.05, 0.1) is 0 Å². The van der Waals surface area contributed by atoms with E-state index < -0.39 is 0 Å². The first kappa shape index (κ1) is 12.1. The molecule has 2 N–H and O–H groups in total. The molecule has 1 aromatic carbocycles. The highest BCUT2D eigenvalue weighted by Crippen LogP contribution is 2.16. The number of halogens is 1. The summed E-state index contributed by atoms with van der Waals surface area (Å²) >= 11 is 0. The number of nitrogens with one attached hydrogen (secondary N) is 1. The molecule has 84 valence electrons. The van der Waals surface area contributed by atoms with Gasteiger partial charge in [0.25, 0.3) is 0 Å². The average molecular weight is 211 g/mol. The highest BCUT2D eigenvalue weighted by Gasteiger charge is 2.06. The molecule has 0 unspecified atom stereocenters. The molecule has 1 rings (SSSR count). The summed E-state index contributed by atoms with van der Waals surface area (Å²) < 4.78 is 13.4. The SMILES string of the molecule is CCCCCc1cccc(F)c1CNO. The Morgan fingerprint density at radius 2 is 2.13 bits per heavy atom. The van der Waals surface area contributed by atoms with E-state index in [1.54, 1.807) is 6.07 Å². The number of hydroxylamine groups is 1. The maximum Gasteiger partial charge on any atom is 0.128 e. The van der Waals surface area contributed by atoms with Gasteiger partial charge in [-0.05, 0) is 24.5 Å². The van der Waals surface area contributed by atoms with E-state index in [4.69, 9.17) is 5.21 Å². The van der Waals surface area contributed by atoms with Crippen molar-refractivity contribution in [3.8, 4) is 0 Å². The summed E-state index contributed by atoms with van der Waals surface area (Å²) in [7, 11) is 0. The smallest absolute Gasteiger partial charge is 0.128 e. The highest BCUT2D eigenvalue weighted by molar-refractivity contribution is 5.28. The average Bonchev–Trinajstić information content (AvgIpc) is 2.23. The quantitative estimate of drug-likeness (QED) is 0.560. The standard InChI is InChI=1S/C12H18FNO/c1-2-3-4-6-10-7-5-8-12(13)11(10)9-14-15/h5,7-8,14-15H,2-4,6,9H2,1H3. The van der Waals surface area contributed by atoms with Crippen LogP contribution >= 0.6 is 0 Å². The van der Waals surface area contributed by atoms with Gasteiger partial charge in [-0.2, -0.15) is 0 Å². The Hall–Kier alpha value is -0.930. The van der Waals surface area contributed by atoms with Crippen molar-refractivity contribution >= 4 is 0 Å². The molecule has 1 aromatic rings. The first-order valence-corrected chi connectivity index (χ1v) is 5.42. The van der Waals surface area contributed by atoms with Crippen LogP contribution in [-0.2, 0) is 13.0 Å². The van der Waals surface area contributed by atoms with Crippen molar-refractivity contribution in [3.05, 3.63) is 35.1 Å². The molecule has 0 amide bonds. The van der Waals surface area contributed by atoms with Crippen LogP contribution in [0, 0.1) is 5.82 Å². The van der Waals surface area contributed by atoms with Gasteiger partial charge in [-0.1, -0.05) is 31.9 Å². The van der Waals surface area contributed by atoms with E-state index in [1.165, 1.54) is 6.07 Å². The molecule has 0 aliphatic heterocycles. The molecule has 0 spiro atoms. The van der Waals surface area contributed by atoms with Crippen molar-refractivity contribution in [2.45, 2.75) is 39.2 Å². The second-order valence-corrected chi connectivity index (χ2v) is 3.67. The lowest BCUT2D eigenvalue weighted by Gasteiger charge is -2.09. The van der Waals surface area contributed by atoms with Crippen molar-refractivity contribution in [1.29, 1.82) is 0 Å². The minimum Gasteiger partial charge on any atom is -0.316 e. The van der Waals surface area contributed by atoms with Crippen molar-refractivity contribution in [2.75, 3.05) is 0 Å². The topological polar surface area (TPSA) is 32.3 Å². The largest absolute Gasteiger partial charge is 0.316 e. The van der Waals surface area contributed by atoms with E-state index in [1.807, 2.05) is 11.5 Å². The third kappa shape index (κ3) is 3.61. The first-order chi connectivity index (χ1) is 7.29. The number of benzene rings is 1. The predicted molar refractivity (Wildman–Crippen MR) is 58.3 cm³/mol. The maximum atomic E-state index is 13.4. The Kier molecular flexibility index (Phi) is 5.29. The second-order valence-electron chi connectivity index (χ2n) is 3.67. The fourth-order valence-electron chi connectivity index (χ4n) is 1.68. The van der Waals surface area contributed by atoms with E-state index in [0.29, 0.717) is 5.56 Å². The van der Waals surface area contributed by atoms with Gasteiger partial charge >= 0.3 is 0 Å². The van der Waals surface area contributed by atoms with Crippen molar-refractivity contribution in [3.63, 3.8) is 0 Å². The molecule has 0 aromatic heterocycles. The molecule has 15 heavy (non-hydrogen) atoms. The van der Waals surface area contributed by atoms with Crippen LogP contribution in [0.3, 0.4) is 0 Å². The number of rotatable bonds is 6. The third-order valence-electron chi connectivity index (χ3n) is 2.52. The summed E-state index contributed by atoms with van der Waals surface area (Å²) in [4.78, 5) is 0. The van der Waals surface area contributed by atoms with E-state index in [9.17, 15) is 4.39 Å². The van der Waals surface area contributed by atoms with E-state index >= 15 is 0 Å². The van der Waals surface area contributed by atoms with Crippen molar-refractivity contribution in [1.82, 2.24) is 5.48 Å². The van der Waals surface area contributed by atoms with Gasteiger partial charge in [0.2, 0.25) is 0 Å². The minimum absolute atomic E-state index is 0.175. The van der Waals surface area contributed by atoms with E-state index in [0.717, 1.165) is 31.2 Å². The van der Waals surface area contributed by atoms with E-state index in [-0.39, 0.29) is 12.4 Å². The van der Waals surface area contributed by atoms with Crippen molar-refractivity contribution in [2.24, 2.45) is 0 Å². The molecule has 0 atom stereocenters. The highest BCUT2D eigenvalue weighted by atomic mass is 19.1. The van der Waals surface area contributed by atoms with Gasteiger partial charge < -0.3 is 5.21 Å². The first-order valence-electron chi connectivity index (χ1n) is 5.42. The number of unbranched alkanes of at least 4 members (excludes halogenated alkanes) is 2. The van der Waals surface area contributed by atoms with E-state index in [2.05, 4.69) is 6.92 Å². The van der Waals surface area contributed by atoms with Crippen LogP contribution in [0.4, 0.5) is 4.39 Å². The molecular formula is C12H18FNO. The zero-order valence-electron chi connectivity index (χ0n) is 9.09. The molecule has 0 aliphatic rings. The third-order valence-corrected chi connectivity index (χ3v) is 2.52. The number of hydrogen-bond acceptors (Lipinski definition) is 2. The maximum absolute atomic E-state index is 13.4. The molecule has 0 bridgehead atoms. The normalized spacial score (nSPS) is 10.6. The van der Waals surface area contributed by atoms with Gasteiger partial charge in [0.15, 0.2) is 0 Å². The minimum atomic E-state index is -0.245. The predicted octanol–water partition coefficient (Wildman–Crippen LogP) is 3.04. The molecule has 0 heterocycles. The van der Waals surface area contributed by atoms with Crippen LogP contribution in [0.25, 0.3) is 0 Å².